The van der Waals surface area contributed by atoms with Gasteiger partial charge in [0.1, 0.15) is 0 Å². The standard InChI is InChI=1S/2C7H19N3.3H3O4P/c2*8-4-1-2-6-10-7-3-5-9;3*1-5(2,3)4/h2*10H,1-9H2;3*(H3,1,2,3,4). The van der Waals surface area contributed by atoms with Crippen LogP contribution in [0.15, 0.2) is 0 Å². The van der Waals surface area contributed by atoms with Gasteiger partial charge in [0.25, 0.3) is 0 Å². The van der Waals surface area contributed by atoms with Crippen LogP contribution in [-0.2, 0) is 13.7 Å². The maximum absolute atomic E-state index is 8.88. The SMILES string of the molecule is NCCCCNCCCN.NCCCCNCCCN.O=P(O)(O)O.O=P(O)(O)O.O=P(O)(O)O. The summed E-state index contributed by atoms with van der Waals surface area (Å²) < 4.78 is 26.6. The molecule has 0 aromatic heterocycles. The molecule has 0 amide bonds. The van der Waals surface area contributed by atoms with Crippen molar-refractivity contribution in [3.05, 3.63) is 0 Å². The van der Waals surface area contributed by atoms with Crippen LogP contribution >= 0.6 is 23.5 Å². The van der Waals surface area contributed by atoms with Crippen LogP contribution in [0, 0.1) is 0 Å². The van der Waals surface area contributed by atoms with Gasteiger partial charge in [0.2, 0.25) is 0 Å². The van der Waals surface area contributed by atoms with Gasteiger partial charge in [0.05, 0.1) is 0 Å². The summed E-state index contributed by atoms with van der Waals surface area (Å²) in [4.78, 5) is 64.7. The van der Waals surface area contributed by atoms with Crippen LogP contribution < -0.4 is 33.6 Å². The van der Waals surface area contributed by atoms with Gasteiger partial charge in [0, 0.05) is 0 Å². The zero-order valence-electron chi connectivity index (χ0n) is 19.8. The van der Waals surface area contributed by atoms with Gasteiger partial charge in [-0.25, -0.2) is 13.7 Å². The second-order valence-electron chi connectivity index (χ2n) is 6.32. The first-order valence-electron chi connectivity index (χ1n) is 10.4. The Bertz CT molecular complexity index is 431. The third kappa shape index (κ3) is 177. The maximum Gasteiger partial charge on any atom is 0.466 e. The summed E-state index contributed by atoms with van der Waals surface area (Å²) in [6.07, 6.45) is 6.75. The van der Waals surface area contributed by atoms with E-state index in [9.17, 15) is 0 Å². The molecule has 0 radical (unpaired) electrons. The Balaban J connectivity index is -0.000000112. The highest BCUT2D eigenvalue weighted by molar-refractivity contribution is 7.45. The normalized spacial score (nSPS) is 10.9. The fourth-order valence-corrected chi connectivity index (χ4v) is 1.49. The maximum atomic E-state index is 8.88. The zero-order valence-corrected chi connectivity index (χ0v) is 22.5. The van der Waals surface area contributed by atoms with E-state index in [0.29, 0.717) is 0 Å². The van der Waals surface area contributed by atoms with E-state index in [0.717, 1.165) is 78.0 Å². The molecule has 220 valence electrons. The van der Waals surface area contributed by atoms with Crippen molar-refractivity contribution in [1.29, 1.82) is 0 Å². The molecule has 0 atom stereocenters. The lowest BCUT2D eigenvalue weighted by Crippen LogP contribution is -2.19. The molecular weight excluding hydrogens is 537 g/mol. The van der Waals surface area contributed by atoms with Crippen molar-refractivity contribution in [1.82, 2.24) is 10.6 Å². The summed E-state index contributed by atoms with van der Waals surface area (Å²) in [6.45, 7) is 7.42. The smallest absolute Gasteiger partial charge is 0.330 e. The van der Waals surface area contributed by atoms with Crippen LogP contribution in [-0.4, -0.2) is 96.4 Å². The topological polar surface area (TPSA) is 361 Å². The van der Waals surface area contributed by atoms with E-state index >= 15 is 0 Å². The summed E-state index contributed by atoms with van der Waals surface area (Å²) in [5.74, 6) is 0. The minimum Gasteiger partial charge on any atom is -0.330 e. The summed E-state index contributed by atoms with van der Waals surface area (Å²) in [7, 11) is -13.9. The fourth-order valence-electron chi connectivity index (χ4n) is 1.49. The predicted molar refractivity (Wildman–Crippen MR) is 132 cm³/mol. The molecule has 0 fully saturated rings. The Morgan fingerprint density at radius 1 is 0.400 bits per heavy atom. The summed E-state index contributed by atoms with van der Waals surface area (Å²) in [5.41, 5.74) is 21.3. The molecule has 0 saturated heterocycles. The Labute approximate surface area is 206 Å². The average molecular weight is 584 g/mol. The lowest BCUT2D eigenvalue weighted by Gasteiger charge is -2.01. The molecule has 18 nitrogen and oxygen atoms in total. The van der Waals surface area contributed by atoms with E-state index in [2.05, 4.69) is 10.6 Å². The summed E-state index contributed by atoms with van der Waals surface area (Å²) >= 11 is 0. The van der Waals surface area contributed by atoms with Gasteiger partial charge in [-0.3, -0.25) is 0 Å². The average Bonchev–Trinajstić information content (AvgIpc) is 2.64. The molecule has 0 aromatic rings. The third-order valence-corrected chi connectivity index (χ3v) is 2.73. The lowest BCUT2D eigenvalue weighted by molar-refractivity contribution is 0.272. The van der Waals surface area contributed by atoms with Crippen molar-refractivity contribution in [3.8, 4) is 0 Å². The van der Waals surface area contributed by atoms with Crippen molar-refractivity contribution >= 4 is 23.5 Å². The minimum absolute atomic E-state index is 0.782. The van der Waals surface area contributed by atoms with E-state index in [4.69, 9.17) is 80.7 Å². The first kappa shape index (κ1) is 45.0. The summed E-state index contributed by atoms with van der Waals surface area (Å²) in [6, 6.07) is 0. The first-order chi connectivity index (χ1) is 15.8. The fraction of sp³-hybridized carbons (Fsp3) is 1.00. The number of rotatable bonds is 14. The number of nitrogens with two attached hydrogens (primary N) is 4. The Morgan fingerprint density at radius 3 is 0.743 bits per heavy atom. The van der Waals surface area contributed by atoms with Gasteiger partial charge in [-0.1, -0.05) is 0 Å². The molecule has 19 N–H and O–H groups in total. The molecule has 0 aromatic carbocycles. The Morgan fingerprint density at radius 2 is 0.571 bits per heavy atom. The quantitative estimate of drug-likeness (QED) is 0.0696. The van der Waals surface area contributed by atoms with Gasteiger partial charge < -0.3 is 77.6 Å². The van der Waals surface area contributed by atoms with Crippen LogP contribution in [0.5, 0.6) is 0 Å². The molecule has 0 aliphatic heterocycles. The van der Waals surface area contributed by atoms with E-state index in [-0.39, 0.29) is 0 Å². The van der Waals surface area contributed by atoms with Gasteiger partial charge in [-0.2, -0.15) is 0 Å². The highest BCUT2D eigenvalue weighted by atomic mass is 31.2. The van der Waals surface area contributed by atoms with Crippen molar-refractivity contribution < 1.29 is 57.7 Å². The highest BCUT2D eigenvalue weighted by Crippen LogP contribution is 2.26. The number of nitrogens with one attached hydrogen (secondary N) is 2. The van der Waals surface area contributed by atoms with Crippen molar-refractivity contribution in [3.63, 3.8) is 0 Å². The van der Waals surface area contributed by atoms with E-state index in [1.165, 1.54) is 12.8 Å². The molecule has 0 saturated carbocycles. The largest absolute Gasteiger partial charge is 0.466 e. The Kier molecular flexibility index (Phi) is 41.3. The monoisotopic (exact) mass is 584 g/mol. The lowest BCUT2D eigenvalue weighted by atomic mass is 10.3. The molecule has 0 aliphatic carbocycles. The van der Waals surface area contributed by atoms with Gasteiger partial charge in [-0.05, 0) is 90.9 Å². The van der Waals surface area contributed by atoms with E-state index < -0.39 is 23.5 Å². The molecule has 35 heavy (non-hydrogen) atoms. The third-order valence-electron chi connectivity index (χ3n) is 2.73. The molecule has 21 heteroatoms. The van der Waals surface area contributed by atoms with E-state index in [1.54, 1.807) is 0 Å². The van der Waals surface area contributed by atoms with Gasteiger partial charge >= 0.3 is 23.5 Å². The van der Waals surface area contributed by atoms with Crippen LogP contribution in [0.4, 0.5) is 0 Å². The van der Waals surface area contributed by atoms with Crippen LogP contribution in [0.25, 0.3) is 0 Å². The molecule has 0 rings (SSSR count). The Hall–Kier alpha value is 0.0900. The molecule has 0 heterocycles. The number of hydrogen-bond donors (Lipinski definition) is 15. The number of phosphoric acid groups is 3. The van der Waals surface area contributed by atoms with Crippen molar-refractivity contribution in [2.75, 3.05) is 52.4 Å². The van der Waals surface area contributed by atoms with Crippen LogP contribution in [0.2, 0.25) is 0 Å². The second-order valence-corrected chi connectivity index (χ2v) is 9.40. The van der Waals surface area contributed by atoms with Gasteiger partial charge in [0.15, 0.2) is 0 Å². The van der Waals surface area contributed by atoms with Crippen LogP contribution in [0.1, 0.15) is 38.5 Å². The minimum atomic E-state index is -4.64. The van der Waals surface area contributed by atoms with E-state index in [1.807, 2.05) is 0 Å². The number of unbranched alkanes of at least 4 members (excludes halogenated alkanes) is 2. The second kappa shape index (κ2) is 32.1. The first-order valence-corrected chi connectivity index (χ1v) is 15.1. The molecule has 0 aliphatic rings. The van der Waals surface area contributed by atoms with Crippen molar-refractivity contribution in [2.24, 2.45) is 22.9 Å². The molecule has 0 bridgehead atoms. The molecule has 0 unspecified atom stereocenters. The molecular formula is C14H47N6O12P3. The number of hydrogen-bond acceptors (Lipinski definition) is 9. The molecule has 0 spiro atoms. The van der Waals surface area contributed by atoms with Gasteiger partial charge in [-0.15, -0.1) is 0 Å². The van der Waals surface area contributed by atoms with Crippen molar-refractivity contribution in [2.45, 2.75) is 38.5 Å². The van der Waals surface area contributed by atoms with Crippen LogP contribution in [0.3, 0.4) is 0 Å². The predicted octanol–water partition coefficient (Wildman–Crippen LogP) is -3.46. The zero-order chi connectivity index (χ0) is 28.8. The summed E-state index contributed by atoms with van der Waals surface area (Å²) in [5, 5.41) is 6.57. The highest BCUT2D eigenvalue weighted by Gasteiger charge is 2.01.